The molecule has 0 aliphatic carbocycles. The molecule has 0 saturated heterocycles. The highest BCUT2D eigenvalue weighted by Crippen LogP contribution is 2.59. The fourth-order valence-electron chi connectivity index (χ4n) is 1.49. The van der Waals surface area contributed by atoms with Crippen molar-refractivity contribution in [2.24, 2.45) is 0 Å². The largest absolute Gasteiger partial charge is 0.321 e. The minimum atomic E-state index is -2.41. The van der Waals surface area contributed by atoms with Crippen molar-refractivity contribution in [3.05, 3.63) is 0 Å². The summed E-state index contributed by atoms with van der Waals surface area (Å²) in [6, 6.07) is 0. The van der Waals surface area contributed by atoms with Crippen LogP contribution in [0, 0.1) is 0 Å². The summed E-state index contributed by atoms with van der Waals surface area (Å²) in [6.45, 7) is 9.53. The summed E-state index contributed by atoms with van der Waals surface area (Å²) in [5.41, 5.74) is 0. The summed E-state index contributed by atoms with van der Waals surface area (Å²) in [6.07, 6.45) is 1.62. The highest BCUT2D eigenvalue weighted by Gasteiger charge is 2.21. The zero-order valence-electron chi connectivity index (χ0n) is 11.1. The molecule has 0 bridgehead atoms. The highest BCUT2D eigenvalue weighted by atomic mass is 32.7. The van der Waals surface area contributed by atoms with Crippen LogP contribution in [0.3, 0.4) is 0 Å². The Balaban J connectivity index is 3.97. The molecule has 0 aliphatic heterocycles. The van der Waals surface area contributed by atoms with Crippen molar-refractivity contribution in [2.75, 3.05) is 38.2 Å². The van der Waals surface area contributed by atoms with E-state index in [1.807, 2.05) is 6.92 Å². The normalized spacial score (nSPS) is 15.3. The van der Waals surface area contributed by atoms with E-state index in [4.69, 9.17) is 4.52 Å². The molecule has 0 radical (unpaired) electrons. The maximum absolute atomic E-state index is 12.3. The molecule has 98 valence electrons. The van der Waals surface area contributed by atoms with Gasteiger partial charge in [-0.3, -0.25) is 4.57 Å². The smallest absolute Gasteiger partial charge is 0.257 e. The summed E-state index contributed by atoms with van der Waals surface area (Å²) in [4.78, 5) is 2.34. The van der Waals surface area contributed by atoms with E-state index in [1.54, 1.807) is 0 Å². The van der Waals surface area contributed by atoms with Gasteiger partial charge in [0, 0.05) is 18.5 Å². The van der Waals surface area contributed by atoms with Crippen LogP contribution in [0.4, 0.5) is 0 Å². The number of rotatable bonds is 10. The Hall–Kier alpha value is 0.500. The monoisotopic (exact) mass is 267 g/mol. The van der Waals surface area contributed by atoms with Gasteiger partial charge in [-0.2, -0.15) is 0 Å². The van der Waals surface area contributed by atoms with Crippen molar-refractivity contribution in [1.29, 1.82) is 0 Å². The molecule has 0 amide bonds. The first-order valence-electron chi connectivity index (χ1n) is 6.22. The lowest BCUT2D eigenvalue weighted by molar-refractivity contribution is 0.323. The van der Waals surface area contributed by atoms with E-state index in [1.165, 1.54) is 11.4 Å². The van der Waals surface area contributed by atoms with E-state index < -0.39 is 6.57 Å². The average molecular weight is 267 g/mol. The second-order valence-electron chi connectivity index (χ2n) is 3.61. The van der Waals surface area contributed by atoms with E-state index in [2.05, 4.69) is 25.7 Å². The molecule has 0 aliphatic rings. The van der Waals surface area contributed by atoms with Gasteiger partial charge in [-0.25, -0.2) is 0 Å². The van der Waals surface area contributed by atoms with Gasteiger partial charge >= 0.3 is 0 Å². The summed E-state index contributed by atoms with van der Waals surface area (Å²) in [7, 11) is 0. The number of hydrogen-bond acceptors (Lipinski definition) is 4. The topological polar surface area (TPSA) is 29.5 Å². The predicted octanol–water partition coefficient (Wildman–Crippen LogP) is 3.70. The quantitative estimate of drug-likeness (QED) is 0.564. The molecule has 5 heteroatoms. The lowest BCUT2D eigenvalue weighted by Crippen LogP contribution is -2.25. The van der Waals surface area contributed by atoms with Crippen LogP contribution in [0.2, 0.25) is 0 Å². The molecule has 1 atom stereocenters. The molecule has 0 aromatic carbocycles. The first-order chi connectivity index (χ1) is 7.61. The molecule has 16 heavy (non-hydrogen) atoms. The SMILES string of the molecule is CCC[P@@](=O)(OCC)SCCN(CC)CC. The standard InChI is InChI=1S/C11H26NO2PS/c1-5-10-15(13,14-8-4)16-11-9-12(6-2)7-3/h5-11H2,1-4H3/t15-/m1/s1. The molecule has 0 fully saturated rings. The summed E-state index contributed by atoms with van der Waals surface area (Å²) >= 11 is 1.52. The van der Waals surface area contributed by atoms with Gasteiger partial charge in [0.25, 0.3) is 6.57 Å². The predicted molar refractivity (Wildman–Crippen MR) is 74.6 cm³/mol. The Kier molecular flexibility index (Phi) is 9.82. The minimum absolute atomic E-state index is 0.551. The Morgan fingerprint density at radius 2 is 1.81 bits per heavy atom. The maximum atomic E-state index is 12.3. The van der Waals surface area contributed by atoms with Gasteiger partial charge in [0.05, 0.1) is 6.61 Å². The fraction of sp³-hybridized carbons (Fsp3) is 1.00. The van der Waals surface area contributed by atoms with E-state index in [-0.39, 0.29) is 0 Å². The summed E-state index contributed by atoms with van der Waals surface area (Å²) in [5.74, 6) is 0.902. The lowest BCUT2D eigenvalue weighted by Gasteiger charge is -2.20. The molecule has 3 nitrogen and oxygen atoms in total. The van der Waals surface area contributed by atoms with Crippen molar-refractivity contribution in [3.63, 3.8) is 0 Å². The van der Waals surface area contributed by atoms with Crippen molar-refractivity contribution >= 4 is 18.0 Å². The van der Waals surface area contributed by atoms with Gasteiger partial charge in [0.2, 0.25) is 0 Å². The molecular formula is C11H26NO2PS. The van der Waals surface area contributed by atoms with Crippen molar-refractivity contribution in [1.82, 2.24) is 4.90 Å². The van der Waals surface area contributed by atoms with Crippen molar-refractivity contribution in [3.8, 4) is 0 Å². The van der Waals surface area contributed by atoms with Crippen LogP contribution in [0.15, 0.2) is 0 Å². The zero-order valence-corrected chi connectivity index (χ0v) is 12.8. The molecule has 0 spiro atoms. The van der Waals surface area contributed by atoms with Crippen LogP contribution < -0.4 is 0 Å². The fourth-order valence-corrected chi connectivity index (χ4v) is 5.93. The Morgan fingerprint density at radius 3 is 2.25 bits per heavy atom. The van der Waals surface area contributed by atoms with Crippen LogP contribution in [0.5, 0.6) is 0 Å². The molecule has 0 unspecified atom stereocenters. The van der Waals surface area contributed by atoms with Gasteiger partial charge in [-0.15, -0.1) is 0 Å². The molecular weight excluding hydrogens is 241 g/mol. The third-order valence-electron chi connectivity index (χ3n) is 2.41. The van der Waals surface area contributed by atoms with E-state index in [0.717, 1.165) is 31.8 Å². The summed E-state index contributed by atoms with van der Waals surface area (Å²) < 4.78 is 17.7. The van der Waals surface area contributed by atoms with Gasteiger partial charge in [-0.05, 0) is 26.4 Å². The summed E-state index contributed by atoms with van der Waals surface area (Å²) in [5, 5.41) is 0. The number of hydrogen-bond donors (Lipinski definition) is 0. The van der Waals surface area contributed by atoms with Gasteiger partial charge < -0.3 is 9.42 Å². The van der Waals surface area contributed by atoms with Crippen LogP contribution in [-0.2, 0) is 9.09 Å². The third kappa shape index (κ3) is 6.95. The molecule has 0 aromatic heterocycles. The first-order valence-corrected chi connectivity index (χ1v) is 9.62. The molecule has 0 N–H and O–H groups in total. The van der Waals surface area contributed by atoms with Crippen molar-refractivity contribution < 1.29 is 9.09 Å². The van der Waals surface area contributed by atoms with Crippen LogP contribution in [0.25, 0.3) is 0 Å². The third-order valence-corrected chi connectivity index (χ3v) is 7.41. The minimum Gasteiger partial charge on any atom is -0.321 e. The molecule has 0 heterocycles. The van der Waals surface area contributed by atoms with E-state index in [9.17, 15) is 4.57 Å². The molecule has 0 saturated carbocycles. The second kappa shape index (κ2) is 9.52. The maximum Gasteiger partial charge on any atom is 0.257 e. The van der Waals surface area contributed by atoms with Gasteiger partial charge in [-0.1, -0.05) is 32.2 Å². The molecule has 0 rings (SSSR count). The highest BCUT2D eigenvalue weighted by molar-refractivity contribution is 8.56. The average Bonchev–Trinajstić information content (AvgIpc) is 2.25. The van der Waals surface area contributed by atoms with Crippen LogP contribution in [0.1, 0.15) is 34.1 Å². The molecule has 0 aromatic rings. The van der Waals surface area contributed by atoms with Gasteiger partial charge in [0.1, 0.15) is 0 Å². The lowest BCUT2D eigenvalue weighted by atomic mass is 10.5. The number of nitrogens with zero attached hydrogens (tertiary/aromatic N) is 1. The van der Waals surface area contributed by atoms with E-state index >= 15 is 0 Å². The van der Waals surface area contributed by atoms with Crippen LogP contribution in [-0.4, -0.2) is 43.1 Å². The Labute approximate surface area is 105 Å². The second-order valence-corrected chi connectivity index (χ2v) is 8.65. The zero-order chi connectivity index (χ0) is 12.4. The van der Waals surface area contributed by atoms with Crippen LogP contribution >= 0.6 is 18.0 Å². The first kappa shape index (κ1) is 16.5. The Bertz CT molecular complexity index is 200. The van der Waals surface area contributed by atoms with Crippen molar-refractivity contribution in [2.45, 2.75) is 34.1 Å². The van der Waals surface area contributed by atoms with E-state index in [0.29, 0.717) is 12.8 Å². The Morgan fingerprint density at radius 1 is 1.19 bits per heavy atom. The van der Waals surface area contributed by atoms with Gasteiger partial charge in [0.15, 0.2) is 0 Å².